The standard InChI is InChI=1S/C24H34N6O2/c1-16-14-25-9-12-30(16)15-17-7-10-29(11-8-17)18-3-4-19-21(13-18)28(2)27-23(19)20-5-6-22(31)26-24(20)32/h3-4,13,16-17,20,25H,5-12,14-15H2,1-2H3,(H,26,31,32). The van der Waals surface area contributed by atoms with Crippen molar-refractivity contribution in [3.8, 4) is 0 Å². The van der Waals surface area contributed by atoms with Crippen molar-refractivity contribution in [2.75, 3.05) is 44.2 Å². The molecule has 32 heavy (non-hydrogen) atoms. The van der Waals surface area contributed by atoms with Gasteiger partial charge < -0.3 is 10.2 Å². The van der Waals surface area contributed by atoms with Crippen molar-refractivity contribution in [1.82, 2.24) is 25.3 Å². The predicted molar refractivity (Wildman–Crippen MR) is 125 cm³/mol. The fourth-order valence-electron chi connectivity index (χ4n) is 5.54. The first-order chi connectivity index (χ1) is 15.5. The third kappa shape index (κ3) is 4.13. The molecule has 0 spiro atoms. The van der Waals surface area contributed by atoms with Gasteiger partial charge in [0.1, 0.15) is 0 Å². The molecule has 2 N–H and O–H groups in total. The van der Waals surface area contributed by atoms with E-state index in [9.17, 15) is 9.59 Å². The molecule has 2 amide bonds. The van der Waals surface area contributed by atoms with E-state index in [-0.39, 0.29) is 17.7 Å². The van der Waals surface area contributed by atoms with Gasteiger partial charge >= 0.3 is 0 Å². The molecule has 5 rings (SSSR count). The zero-order chi connectivity index (χ0) is 22.2. The topological polar surface area (TPSA) is 82.5 Å². The van der Waals surface area contributed by atoms with E-state index in [0.717, 1.165) is 55.2 Å². The molecule has 3 saturated heterocycles. The fourth-order valence-corrected chi connectivity index (χ4v) is 5.54. The second-order valence-electron chi connectivity index (χ2n) is 9.69. The molecule has 3 aliphatic heterocycles. The summed E-state index contributed by atoms with van der Waals surface area (Å²) in [5.41, 5.74) is 3.05. The number of nitrogens with zero attached hydrogens (tertiary/aromatic N) is 4. The molecule has 2 unspecified atom stereocenters. The van der Waals surface area contributed by atoms with Gasteiger partial charge in [-0.1, -0.05) is 0 Å². The number of hydrogen-bond acceptors (Lipinski definition) is 6. The van der Waals surface area contributed by atoms with Gasteiger partial charge in [0, 0.05) is 69.9 Å². The van der Waals surface area contributed by atoms with Gasteiger partial charge in [0.25, 0.3) is 0 Å². The molecule has 2 aromatic rings. The van der Waals surface area contributed by atoms with Crippen LogP contribution in [0.4, 0.5) is 5.69 Å². The number of hydrogen-bond donors (Lipinski definition) is 2. The molecule has 8 heteroatoms. The van der Waals surface area contributed by atoms with Crippen LogP contribution in [0.2, 0.25) is 0 Å². The smallest absolute Gasteiger partial charge is 0.235 e. The van der Waals surface area contributed by atoms with Crippen LogP contribution in [0.5, 0.6) is 0 Å². The summed E-state index contributed by atoms with van der Waals surface area (Å²) in [7, 11) is 1.93. The lowest BCUT2D eigenvalue weighted by Crippen LogP contribution is -2.52. The zero-order valence-corrected chi connectivity index (χ0v) is 19.1. The molecular formula is C24H34N6O2. The second kappa shape index (κ2) is 8.83. The summed E-state index contributed by atoms with van der Waals surface area (Å²) >= 11 is 0. The maximum Gasteiger partial charge on any atom is 0.235 e. The van der Waals surface area contributed by atoms with Gasteiger partial charge in [-0.05, 0) is 50.3 Å². The van der Waals surface area contributed by atoms with Gasteiger partial charge in [-0.3, -0.25) is 24.5 Å². The Balaban J connectivity index is 1.27. The molecule has 4 heterocycles. The first kappa shape index (κ1) is 21.4. The van der Waals surface area contributed by atoms with E-state index >= 15 is 0 Å². The molecule has 0 saturated carbocycles. The average molecular weight is 439 g/mol. The summed E-state index contributed by atoms with van der Waals surface area (Å²) in [6.45, 7) is 9.07. The van der Waals surface area contributed by atoms with E-state index in [4.69, 9.17) is 0 Å². The van der Waals surface area contributed by atoms with Crippen LogP contribution >= 0.6 is 0 Å². The second-order valence-corrected chi connectivity index (χ2v) is 9.69. The van der Waals surface area contributed by atoms with Crippen LogP contribution in [-0.4, -0.2) is 71.8 Å². The average Bonchev–Trinajstić information content (AvgIpc) is 3.11. The molecule has 3 aliphatic rings. The van der Waals surface area contributed by atoms with Crippen LogP contribution in [-0.2, 0) is 16.6 Å². The Bertz CT molecular complexity index is 1010. The quantitative estimate of drug-likeness (QED) is 0.706. The third-order valence-electron chi connectivity index (χ3n) is 7.54. The van der Waals surface area contributed by atoms with Crippen molar-refractivity contribution >= 4 is 28.4 Å². The largest absolute Gasteiger partial charge is 0.371 e. The highest BCUT2D eigenvalue weighted by molar-refractivity contribution is 6.02. The Hall–Kier alpha value is -2.45. The van der Waals surface area contributed by atoms with Gasteiger partial charge in [-0.15, -0.1) is 0 Å². The van der Waals surface area contributed by atoms with Gasteiger partial charge in [-0.2, -0.15) is 5.10 Å². The Morgan fingerprint density at radius 1 is 1.12 bits per heavy atom. The highest BCUT2D eigenvalue weighted by atomic mass is 16.2. The maximum atomic E-state index is 12.4. The zero-order valence-electron chi connectivity index (χ0n) is 19.1. The summed E-state index contributed by atoms with van der Waals surface area (Å²) in [6, 6.07) is 7.10. The number of amides is 2. The van der Waals surface area contributed by atoms with Crippen molar-refractivity contribution in [2.24, 2.45) is 13.0 Å². The Morgan fingerprint density at radius 3 is 2.69 bits per heavy atom. The van der Waals surface area contributed by atoms with E-state index in [0.29, 0.717) is 18.9 Å². The molecule has 0 bridgehead atoms. The SMILES string of the molecule is CC1CNCCN1CC1CCN(c2ccc3c(C4CCC(=O)NC4=O)nn(C)c3c2)CC1. The Kier molecular flexibility index (Phi) is 5.90. The number of piperazine rings is 1. The van der Waals surface area contributed by atoms with Crippen LogP contribution in [0.25, 0.3) is 10.9 Å². The molecule has 2 atom stereocenters. The van der Waals surface area contributed by atoms with Gasteiger partial charge in [0.05, 0.1) is 17.1 Å². The molecule has 1 aromatic heterocycles. The molecule has 1 aromatic carbocycles. The number of piperidine rings is 2. The number of benzene rings is 1. The number of rotatable bonds is 4. The van der Waals surface area contributed by atoms with Crippen molar-refractivity contribution in [1.29, 1.82) is 0 Å². The number of carbonyl (C=O) groups is 2. The summed E-state index contributed by atoms with van der Waals surface area (Å²) in [4.78, 5) is 29.0. The fraction of sp³-hybridized carbons (Fsp3) is 0.625. The van der Waals surface area contributed by atoms with Gasteiger partial charge in [0.15, 0.2) is 0 Å². The molecule has 8 nitrogen and oxygen atoms in total. The third-order valence-corrected chi connectivity index (χ3v) is 7.54. The lowest BCUT2D eigenvalue weighted by molar-refractivity contribution is -0.134. The van der Waals surface area contributed by atoms with E-state index < -0.39 is 0 Å². The number of imide groups is 1. The summed E-state index contributed by atoms with van der Waals surface area (Å²) < 4.78 is 1.87. The highest BCUT2D eigenvalue weighted by Crippen LogP contribution is 2.33. The van der Waals surface area contributed by atoms with E-state index in [1.165, 1.54) is 25.1 Å². The number of aryl methyl sites for hydroxylation is 1. The van der Waals surface area contributed by atoms with Crippen LogP contribution in [0.3, 0.4) is 0 Å². The van der Waals surface area contributed by atoms with Gasteiger partial charge in [0.2, 0.25) is 11.8 Å². The molecule has 0 radical (unpaired) electrons. The minimum Gasteiger partial charge on any atom is -0.371 e. The maximum absolute atomic E-state index is 12.4. The van der Waals surface area contributed by atoms with Crippen molar-refractivity contribution in [3.63, 3.8) is 0 Å². The monoisotopic (exact) mass is 438 g/mol. The predicted octanol–water partition coefficient (Wildman–Crippen LogP) is 1.60. The Morgan fingerprint density at radius 2 is 1.94 bits per heavy atom. The first-order valence-electron chi connectivity index (χ1n) is 12.0. The summed E-state index contributed by atoms with van der Waals surface area (Å²) in [5.74, 6) is -0.00785. The lowest BCUT2D eigenvalue weighted by Gasteiger charge is -2.39. The number of aromatic nitrogens is 2. The summed E-state index contributed by atoms with van der Waals surface area (Å²) in [5, 5.41) is 11.6. The Labute approximate surface area is 189 Å². The molecule has 3 fully saturated rings. The number of nitrogens with one attached hydrogen (secondary N) is 2. The minimum absolute atomic E-state index is 0.191. The van der Waals surface area contributed by atoms with E-state index in [1.54, 1.807) is 0 Å². The number of fused-ring (bicyclic) bond motifs is 1. The lowest BCUT2D eigenvalue weighted by atomic mass is 9.92. The number of anilines is 1. The van der Waals surface area contributed by atoms with Gasteiger partial charge in [-0.25, -0.2) is 0 Å². The van der Waals surface area contributed by atoms with Crippen molar-refractivity contribution < 1.29 is 9.59 Å². The van der Waals surface area contributed by atoms with Crippen molar-refractivity contribution in [3.05, 3.63) is 23.9 Å². The van der Waals surface area contributed by atoms with E-state index in [2.05, 4.69) is 50.7 Å². The van der Waals surface area contributed by atoms with Crippen LogP contribution in [0.1, 0.15) is 44.2 Å². The normalized spacial score (nSPS) is 26.0. The van der Waals surface area contributed by atoms with E-state index in [1.807, 2.05) is 11.7 Å². The molecular weight excluding hydrogens is 404 g/mol. The minimum atomic E-state index is -0.356. The summed E-state index contributed by atoms with van der Waals surface area (Å²) in [6.07, 6.45) is 3.34. The van der Waals surface area contributed by atoms with Crippen LogP contribution in [0.15, 0.2) is 18.2 Å². The number of carbonyl (C=O) groups excluding carboxylic acids is 2. The van der Waals surface area contributed by atoms with Crippen LogP contribution < -0.4 is 15.5 Å². The van der Waals surface area contributed by atoms with Crippen molar-refractivity contribution in [2.45, 2.75) is 44.6 Å². The first-order valence-corrected chi connectivity index (χ1v) is 12.0. The highest BCUT2D eigenvalue weighted by Gasteiger charge is 2.32. The molecule has 0 aliphatic carbocycles. The van der Waals surface area contributed by atoms with Crippen LogP contribution in [0, 0.1) is 5.92 Å². The molecule has 172 valence electrons.